The number of hydrogen-bond acceptors (Lipinski definition) is 7. The average Bonchev–Trinajstić information content (AvgIpc) is 2.96. The van der Waals surface area contributed by atoms with Crippen LogP contribution < -0.4 is 5.32 Å². The van der Waals surface area contributed by atoms with E-state index in [-0.39, 0.29) is 16.5 Å². The number of thiazole rings is 1. The van der Waals surface area contributed by atoms with E-state index in [0.717, 1.165) is 22.4 Å². The lowest BCUT2D eigenvalue weighted by Crippen LogP contribution is -1.99. The van der Waals surface area contributed by atoms with Crippen LogP contribution in [0.5, 0.6) is 0 Å². The van der Waals surface area contributed by atoms with E-state index in [2.05, 4.69) is 15.3 Å². The number of anilines is 2. The Morgan fingerprint density at radius 3 is 2.65 bits per heavy atom. The van der Waals surface area contributed by atoms with Gasteiger partial charge in [0.25, 0.3) is 0 Å². The van der Waals surface area contributed by atoms with Crippen LogP contribution in [0.2, 0.25) is 5.02 Å². The number of hydrogen-bond donors (Lipinski definition) is 2. The number of nitrogens with one attached hydrogen (secondary N) is 1. The van der Waals surface area contributed by atoms with Crippen LogP contribution >= 0.6 is 22.9 Å². The molecule has 0 fully saturated rings. The van der Waals surface area contributed by atoms with Gasteiger partial charge in [-0.2, -0.15) is 0 Å². The van der Waals surface area contributed by atoms with Crippen LogP contribution in [0, 0.1) is 6.92 Å². The van der Waals surface area contributed by atoms with Crippen LogP contribution in [0.25, 0.3) is 11.3 Å². The van der Waals surface area contributed by atoms with Gasteiger partial charge in [0.1, 0.15) is 0 Å². The summed E-state index contributed by atoms with van der Waals surface area (Å²) in [6, 6.07) is 8.35. The number of rotatable bonds is 5. The molecule has 0 aliphatic rings. The van der Waals surface area contributed by atoms with Crippen molar-refractivity contribution in [3.63, 3.8) is 0 Å². The van der Waals surface area contributed by atoms with E-state index >= 15 is 0 Å². The Kier molecular flexibility index (Phi) is 5.29. The molecule has 1 aromatic carbocycles. The van der Waals surface area contributed by atoms with Crippen LogP contribution in [-0.2, 0) is 16.4 Å². The van der Waals surface area contributed by atoms with Gasteiger partial charge in [0, 0.05) is 29.4 Å². The van der Waals surface area contributed by atoms with Crippen molar-refractivity contribution < 1.29 is 13.5 Å². The first kappa shape index (κ1) is 18.8. The lowest BCUT2D eigenvalue weighted by atomic mass is 10.1. The molecular weight excluding hydrogens is 394 g/mol. The van der Waals surface area contributed by atoms with Gasteiger partial charge in [-0.3, -0.25) is 4.98 Å². The molecule has 2 aromatic heterocycles. The first-order valence-corrected chi connectivity index (χ1v) is 10.7. The first-order valence-electron chi connectivity index (χ1n) is 7.58. The Bertz CT molecular complexity index is 1060. The number of halogens is 1. The molecule has 0 saturated carbocycles. The lowest BCUT2D eigenvalue weighted by molar-refractivity contribution is 0.286. The molecule has 0 radical (unpaired) electrons. The number of aryl methyl sites for hydroxylation is 1. The number of aromatic nitrogens is 2. The van der Waals surface area contributed by atoms with Gasteiger partial charge in [0.05, 0.1) is 27.1 Å². The molecule has 0 spiro atoms. The molecule has 9 heteroatoms. The number of aliphatic hydroxyl groups excluding tert-OH is 1. The zero-order valence-electron chi connectivity index (χ0n) is 14.0. The minimum Gasteiger partial charge on any atom is -0.391 e. The third-order valence-corrected chi connectivity index (χ3v) is 6.13. The molecule has 0 atom stereocenters. The van der Waals surface area contributed by atoms with Crippen LogP contribution in [0.1, 0.15) is 10.6 Å². The number of sulfone groups is 1. The summed E-state index contributed by atoms with van der Waals surface area (Å²) in [6.07, 6.45) is 2.81. The summed E-state index contributed by atoms with van der Waals surface area (Å²) in [5, 5.41) is 13.5. The summed E-state index contributed by atoms with van der Waals surface area (Å²) in [6.45, 7) is 1.75. The van der Waals surface area contributed by atoms with Crippen LogP contribution in [0.4, 0.5) is 10.8 Å². The van der Waals surface area contributed by atoms with E-state index in [1.54, 1.807) is 12.3 Å². The Balaban J connectivity index is 1.93. The lowest BCUT2D eigenvalue weighted by Gasteiger charge is -2.06. The summed E-state index contributed by atoms with van der Waals surface area (Å²) in [7, 11) is -3.38. The molecule has 136 valence electrons. The minimum absolute atomic E-state index is 0.0767. The average molecular weight is 410 g/mol. The third kappa shape index (κ3) is 4.04. The van der Waals surface area contributed by atoms with Crippen LogP contribution in [0.3, 0.4) is 0 Å². The van der Waals surface area contributed by atoms with Gasteiger partial charge < -0.3 is 10.4 Å². The highest BCUT2D eigenvalue weighted by Crippen LogP contribution is 2.34. The molecule has 2 N–H and O–H groups in total. The summed E-state index contributed by atoms with van der Waals surface area (Å²) >= 11 is 7.39. The standard InChI is InChI=1S/C17H16ClN3O3S2/c1-10-7-11(5-6-19-10)16-14(9-22)25-17(21-16)20-12-3-4-15(13(18)8-12)26(2,23)24/h3-8,22H,9H2,1-2H3,(H,20,21). The molecule has 0 amide bonds. The van der Waals surface area contributed by atoms with Crippen molar-refractivity contribution in [2.24, 2.45) is 0 Å². The molecule has 0 saturated heterocycles. The maximum atomic E-state index is 11.6. The number of aliphatic hydroxyl groups is 1. The number of benzene rings is 1. The summed E-state index contributed by atoms with van der Waals surface area (Å²) in [4.78, 5) is 9.51. The summed E-state index contributed by atoms with van der Waals surface area (Å²) in [5.41, 5.74) is 3.02. The van der Waals surface area contributed by atoms with Crippen molar-refractivity contribution in [1.29, 1.82) is 0 Å². The Labute approximate surface area is 160 Å². The fourth-order valence-electron chi connectivity index (χ4n) is 2.43. The fourth-order valence-corrected chi connectivity index (χ4v) is 4.63. The molecule has 3 aromatic rings. The van der Waals surface area contributed by atoms with Crippen molar-refractivity contribution in [1.82, 2.24) is 9.97 Å². The predicted molar refractivity (Wildman–Crippen MR) is 104 cm³/mol. The van der Waals surface area contributed by atoms with Crippen molar-refractivity contribution in [3.8, 4) is 11.3 Å². The number of pyridine rings is 1. The maximum Gasteiger partial charge on any atom is 0.188 e. The van der Waals surface area contributed by atoms with Gasteiger partial charge >= 0.3 is 0 Å². The number of nitrogens with zero attached hydrogens (tertiary/aromatic N) is 2. The van der Waals surface area contributed by atoms with Crippen molar-refractivity contribution in [2.45, 2.75) is 18.4 Å². The molecule has 0 bridgehead atoms. The molecule has 0 aliphatic carbocycles. The van der Waals surface area contributed by atoms with Crippen LogP contribution in [-0.4, -0.2) is 29.7 Å². The van der Waals surface area contributed by atoms with E-state index in [4.69, 9.17) is 11.6 Å². The van der Waals surface area contributed by atoms with Gasteiger partial charge in [-0.15, -0.1) is 0 Å². The van der Waals surface area contributed by atoms with E-state index in [9.17, 15) is 13.5 Å². The Morgan fingerprint density at radius 2 is 2.04 bits per heavy atom. The van der Waals surface area contributed by atoms with Crippen LogP contribution in [0.15, 0.2) is 41.4 Å². The largest absolute Gasteiger partial charge is 0.391 e. The minimum atomic E-state index is -3.38. The van der Waals surface area contributed by atoms with Gasteiger partial charge in [-0.1, -0.05) is 22.9 Å². The van der Waals surface area contributed by atoms with E-state index in [1.165, 1.54) is 23.5 Å². The van der Waals surface area contributed by atoms with Crippen molar-refractivity contribution >= 4 is 43.6 Å². The molecular formula is C17H16ClN3O3S2. The third-order valence-electron chi connectivity index (χ3n) is 3.59. The zero-order chi connectivity index (χ0) is 18.9. The fraction of sp³-hybridized carbons (Fsp3) is 0.176. The Morgan fingerprint density at radius 1 is 1.27 bits per heavy atom. The Hall–Kier alpha value is -2.00. The second-order valence-corrected chi connectivity index (χ2v) is 9.15. The topological polar surface area (TPSA) is 92.2 Å². The van der Waals surface area contributed by atoms with E-state index in [0.29, 0.717) is 16.5 Å². The summed E-state index contributed by atoms with van der Waals surface area (Å²) in [5.74, 6) is 0. The van der Waals surface area contributed by atoms with Gasteiger partial charge in [-0.05, 0) is 37.3 Å². The molecule has 0 aliphatic heterocycles. The predicted octanol–water partition coefficient (Wildman–Crippen LogP) is 3.81. The second kappa shape index (κ2) is 7.32. The molecule has 3 rings (SSSR count). The van der Waals surface area contributed by atoms with Gasteiger partial charge in [0.2, 0.25) is 0 Å². The second-order valence-electron chi connectivity index (χ2n) is 5.68. The normalized spacial score (nSPS) is 11.5. The smallest absolute Gasteiger partial charge is 0.188 e. The summed E-state index contributed by atoms with van der Waals surface area (Å²) < 4.78 is 23.3. The first-order chi connectivity index (χ1) is 12.3. The quantitative estimate of drug-likeness (QED) is 0.665. The van der Waals surface area contributed by atoms with Gasteiger partial charge in [0.15, 0.2) is 15.0 Å². The van der Waals surface area contributed by atoms with E-state index < -0.39 is 9.84 Å². The van der Waals surface area contributed by atoms with Gasteiger partial charge in [-0.25, -0.2) is 13.4 Å². The van der Waals surface area contributed by atoms with Crippen molar-refractivity contribution in [2.75, 3.05) is 11.6 Å². The highest BCUT2D eigenvalue weighted by Gasteiger charge is 2.15. The maximum absolute atomic E-state index is 11.6. The zero-order valence-corrected chi connectivity index (χ0v) is 16.4. The molecule has 2 heterocycles. The monoisotopic (exact) mass is 409 g/mol. The highest BCUT2D eigenvalue weighted by atomic mass is 35.5. The molecule has 26 heavy (non-hydrogen) atoms. The SMILES string of the molecule is Cc1cc(-c2nc(Nc3ccc(S(C)(=O)=O)c(Cl)c3)sc2CO)ccn1. The van der Waals surface area contributed by atoms with E-state index in [1.807, 2.05) is 19.1 Å². The molecule has 6 nitrogen and oxygen atoms in total. The highest BCUT2D eigenvalue weighted by molar-refractivity contribution is 7.90. The molecule has 0 unspecified atom stereocenters. The van der Waals surface area contributed by atoms with Crippen molar-refractivity contribution in [3.05, 3.63) is 52.1 Å².